The number of hydrogen-bond acceptors (Lipinski definition) is 7. The fraction of sp³-hybridized carbons (Fsp3) is 0.292. The number of hydrogen-bond donors (Lipinski definition) is 2. The van der Waals surface area contributed by atoms with Gasteiger partial charge in [0.05, 0.1) is 23.4 Å². The molecule has 0 radical (unpaired) electrons. The Bertz CT molecular complexity index is 1480. The number of sulfone groups is 1. The third-order valence-electron chi connectivity index (χ3n) is 5.29. The van der Waals surface area contributed by atoms with Crippen molar-refractivity contribution in [1.82, 2.24) is 14.8 Å². The standard InChI is InChI=1S/C24H26N4O5S/c1-15-6-5-7-16(10-15)23-26-21(14-33-23)22(29)25-20-11-17-13-28(8-9-34(4,31)32)27-19(17)12-18(20)24(2,3)30/h5-7,10-14,30H,8-9H2,1-4H3,(H,25,29). The lowest BCUT2D eigenvalue weighted by Gasteiger charge is -2.21. The van der Waals surface area contributed by atoms with Crippen LogP contribution in [0.3, 0.4) is 0 Å². The summed E-state index contributed by atoms with van der Waals surface area (Å²) >= 11 is 0. The Labute approximate surface area is 197 Å². The fourth-order valence-corrected chi connectivity index (χ4v) is 4.10. The molecule has 1 amide bonds. The topological polar surface area (TPSA) is 127 Å². The van der Waals surface area contributed by atoms with Crippen molar-refractivity contribution in [1.29, 1.82) is 0 Å². The summed E-state index contributed by atoms with van der Waals surface area (Å²) in [6, 6.07) is 11.0. The third-order valence-corrected chi connectivity index (χ3v) is 6.22. The normalized spacial score (nSPS) is 12.3. The molecule has 0 aliphatic carbocycles. The van der Waals surface area contributed by atoms with Crippen molar-refractivity contribution in [2.24, 2.45) is 0 Å². The van der Waals surface area contributed by atoms with Crippen molar-refractivity contribution >= 4 is 32.3 Å². The van der Waals surface area contributed by atoms with Crippen LogP contribution >= 0.6 is 0 Å². The second-order valence-electron chi connectivity index (χ2n) is 8.90. The van der Waals surface area contributed by atoms with Gasteiger partial charge in [0, 0.05) is 34.7 Å². The summed E-state index contributed by atoms with van der Waals surface area (Å²) in [5, 5.41) is 18.6. The number of oxazole rings is 1. The van der Waals surface area contributed by atoms with E-state index in [1.807, 2.05) is 31.2 Å². The molecule has 0 atom stereocenters. The number of carbonyl (C=O) groups is 1. The number of aromatic nitrogens is 3. The van der Waals surface area contributed by atoms with Crippen LogP contribution in [0.1, 0.15) is 35.5 Å². The van der Waals surface area contributed by atoms with E-state index in [1.54, 1.807) is 32.2 Å². The van der Waals surface area contributed by atoms with Crippen LogP contribution in [-0.4, -0.2) is 46.2 Å². The van der Waals surface area contributed by atoms with E-state index in [9.17, 15) is 18.3 Å². The van der Waals surface area contributed by atoms with Crippen molar-refractivity contribution in [2.75, 3.05) is 17.3 Å². The zero-order valence-electron chi connectivity index (χ0n) is 19.4. The van der Waals surface area contributed by atoms with E-state index in [2.05, 4.69) is 15.4 Å². The number of aryl methyl sites for hydroxylation is 2. The molecule has 0 unspecified atom stereocenters. The Kier molecular flexibility index (Phi) is 6.05. The molecular formula is C24H26N4O5S. The first kappa shape index (κ1) is 23.7. The quantitative estimate of drug-likeness (QED) is 0.412. The second kappa shape index (κ2) is 8.69. The van der Waals surface area contributed by atoms with Gasteiger partial charge in [0.15, 0.2) is 5.69 Å². The largest absolute Gasteiger partial charge is 0.444 e. The van der Waals surface area contributed by atoms with Gasteiger partial charge in [-0.25, -0.2) is 13.4 Å². The maximum atomic E-state index is 13.0. The van der Waals surface area contributed by atoms with E-state index in [-0.39, 0.29) is 18.0 Å². The molecule has 178 valence electrons. The molecule has 2 N–H and O–H groups in total. The van der Waals surface area contributed by atoms with Gasteiger partial charge in [-0.1, -0.05) is 17.7 Å². The number of carbonyl (C=O) groups excluding carboxylic acids is 1. The molecule has 0 saturated heterocycles. The summed E-state index contributed by atoms with van der Waals surface area (Å²) in [5.74, 6) is -0.200. The van der Waals surface area contributed by atoms with Gasteiger partial charge in [-0.3, -0.25) is 9.48 Å². The van der Waals surface area contributed by atoms with Crippen LogP contribution in [0.25, 0.3) is 22.4 Å². The molecule has 0 bridgehead atoms. The highest BCUT2D eigenvalue weighted by Crippen LogP contribution is 2.32. The number of rotatable bonds is 7. The zero-order chi connectivity index (χ0) is 24.7. The number of fused-ring (bicyclic) bond motifs is 1. The zero-order valence-corrected chi connectivity index (χ0v) is 20.2. The lowest BCUT2D eigenvalue weighted by atomic mass is 9.95. The number of nitrogens with one attached hydrogen (secondary N) is 1. The average molecular weight is 483 g/mol. The Balaban J connectivity index is 1.64. The first-order chi connectivity index (χ1) is 15.9. The molecule has 0 aliphatic heterocycles. The molecule has 0 saturated carbocycles. The van der Waals surface area contributed by atoms with E-state index in [0.717, 1.165) is 11.1 Å². The van der Waals surface area contributed by atoms with Crippen LogP contribution < -0.4 is 5.32 Å². The van der Waals surface area contributed by atoms with Gasteiger partial charge < -0.3 is 14.8 Å². The van der Waals surface area contributed by atoms with Gasteiger partial charge in [0.25, 0.3) is 5.91 Å². The predicted molar refractivity (Wildman–Crippen MR) is 129 cm³/mol. The van der Waals surface area contributed by atoms with Gasteiger partial charge in [-0.15, -0.1) is 0 Å². The molecule has 0 fully saturated rings. The summed E-state index contributed by atoms with van der Waals surface area (Å²) in [5.41, 5.74) is 2.07. The van der Waals surface area contributed by atoms with Gasteiger partial charge in [-0.2, -0.15) is 5.10 Å². The lowest BCUT2D eigenvalue weighted by Crippen LogP contribution is -2.21. The van der Waals surface area contributed by atoms with Gasteiger partial charge >= 0.3 is 0 Å². The number of benzene rings is 2. The smallest absolute Gasteiger partial charge is 0.277 e. The molecule has 9 nitrogen and oxygen atoms in total. The Morgan fingerprint density at radius 2 is 2.00 bits per heavy atom. The molecule has 2 aromatic carbocycles. The molecule has 2 heterocycles. The van der Waals surface area contributed by atoms with Crippen LogP contribution in [0.5, 0.6) is 0 Å². The van der Waals surface area contributed by atoms with Crippen LogP contribution in [0.2, 0.25) is 0 Å². The molecular weight excluding hydrogens is 456 g/mol. The number of aliphatic hydroxyl groups is 1. The second-order valence-corrected chi connectivity index (χ2v) is 11.2. The summed E-state index contributed by atoms with van der Waals surface area (Å²) in [4.78, 5) is 17.3. The highest BCUT2D eigenvalue weighted by Gasteiger charge is 2.24. The molecule has 2 aromatic heterocycles. The van der Waals surface area contributed by atoms with Crippen LogP contribution in [0.4, 0.5) is 5.69 Å². The molecule has 10 heteroatoms. The van der Waals surface area contributed by atoms with Crippen molar-refractivity contribution in [2.45, 2.75) is 32.9 Å². The van der Waals surface area contributed by atoms with Crippen molar-refractivity contribution in [3.63, 3.8) is 0 Å². The lowest BCUT2D eigenvalue weighted by molar-refractivity contribution is 0.0793. The highest BCUT2D eigenvalue weighted by atomic mass is 32.2. The first-order valence-corrected chi connectivity index (χ1v) is 12.7. The molecule has 4 rings (SSSR count). The SMILES string of the molecule is Cc1cccc(-c2nc(C(=O)Nc3cc4cn(CCS(C)(=O)=O)nc4cc3C(C)(C)O)co2)c1. The van der Waals surface area contributed by atoms with Crippen LogP contribution in [0.15, 0.2) is 53.3 Å². The molecule has 4 aromatic rings. The van der Waals surface area contributed by atoms with E-state index in [0.29, 0.717) is 28.0 Å². The van der Waals surface area contributed by atoms with Gasteiger partial charge in [-0.05, 0) is 45.0 Å². The van der Waals surface area contributed by atoms with Gasteiger partial charge in [0.1, 0.15) is 16.1 Å². The minimum atomic E-state index is -3.14. The fourth-order valence-electron chi connectivity index (χ4n) is 3.58. The van der Waals surface area contributed by atoms with E-state index in [1.165, 1.54) is 17.2 Å². The minimum Gasteiger partial charge on any atom is -0.444 e. The summed E-state index contributed by atoms with van der Waals surface area (Å²) in [6.45, 7) is 5.37. The van der Waals surface area contributed by atoms with Crippen LogP contribution in [0, 0.1) is 6.92 Å². The summed E-state index contributed by atoms with van der Waals surface area (Å²) in [7, 11) is -3.14. The molecule has 0 spiro atoms. The van der Waals surface area contributed by atoms with E-state index >= 15 is 0 Å². The number of nitrogens with zero attached hydrogens (tertiary/aromatic N) is 3. The predicted octanol–water partition coefficient (Wildman–Crippen LogP) is 3.52. The maximum Gasteiger partial charge on any atom is 0.277 e. The maximum absolute atomic E-state index is 13.0. The third kappa shape index (κ3) is 5.35. The monoisotopic (exact) mass is 482 g/mol. The van der Waals surface area contributed by atoms with Crippen molar-refractivity contribution in [3.8, 4) is 11.5 Å². The molecule has 34 heavy (non-hydrogen) atoms. The van der Waals surface area contributed by atoms with Crippen molar-refractivity contribution < 1.29 is 22.7 Å². The van der Waals surface area contributed by atoms with Gasteiger partial charge in [0.2, 0.25) is 5.89 Å². The first-order valence-electron chi connectivity index (χ1n) is 10.6. The number of amides is 1. The van der Waals surface area contributed by atoms with E-state index in [4.69, 9.17) is 4.42 Å². The Morgan fingerprint density at radius 3 is 2.68 bits per heavy atom. The summed E-state index contributed by atoms with van der Waals surface area (Å²) < 4.78 is 30.0. The van der Waals surface area contributed by atoms with Crippen molar-refractivity contribution in [3.05, 3.63) is 65.7 Å². The molecule has 0 aliphatic rings. The summed E-state index contributed by atoms with van der Waals surface area (Å²) in [6.07, 6.45) is 4.17. The minimum absolute atomic E-state index is 0.0433. The Morgan fingerprint density at radius 1 is 1.24 bits per heavy atom. The van der Waals surface area contributed by atoms with Crippen LogP contribution in [-0.2, 0) is 22.0 Å². The van der Waals surface area contributed by atoms with E-state index < -0.39 is 21.3 Å². The Hall–Kier alpha value is -3.50. The highest BCUT2D eigenvalue weighted by molar-refractivity contribution is 7.90. The average Bonchev–Trinajstić information content (AvgIpc) is 3.37. The number of anilines is 1.